The molecule has 104 valence electrons. The summed E-state index contributed by atoms with van der Waals surface area (Å²) in [5.74, 6) is -1.24. The fourth-order valence-corrected chi connectivity index (χ4v) is 3.75. The third-order valence-corrected chi connectivity index (χ3v) is 5.10. The van der Waals surface area contributed by atoms with Crippen LogP contribution in [0.4, 0.5) is 13.2 Å². The van der Waals surface area contributed by atoms with Gasteiger partial charge in [0.15, 0.2) is 0 Å². The molecule has 3 atom stereocenters. The number of rotatable bonds is 1. The van der Waals surface area contributed by atoms with Crippen molar-refractivity contribution >= 4 is 0 Å². The molecule has 0 aromatic heterocycles. The van der Waals surface area contributed by atoms with Gasteiger partial charge in [0.25, 0.3) is 0 Å². The Kier molecular flexibility index (Phi) is 2.90. The van der Waals surface area contributed by atoms with Crippen LogP contribution in [0.25, 0.3) is 0 Å². The zero-order valence-electron chi connectivity index (χ0n) is 10.4. The Labute approximate surface area is 105 Å². The van der Waals surface area contributed by atoms with Gasteiger partial charge in [0.1, 0.15) is 0 Å². The van der Waals surface area contributed by atoms with Gasteiger partial charge in [-0.05, 0) is 50.5 Å². The van der Waals surface area contributed by atoms with Crippen LogP contribution >= 0.6 is 0 Å². The van der Waals surface area contributed by atoms with Crippen LogP contribution < -0.4 is 0 Å². The number of likely N-dealkylation sites (tertiary alicyclic amines) is 1. The molecule has 0 amide bonds. The number of aliphatic hydroxyl groups excluding tert-OH is 1. The molecule has 1 saturated heterocycles. The summed E-state index contributed by atoms with van der Waals surface area (Å²) < 4.78 is 39.2. The van der Waals surface area contributed by atoms with Gasteiger partial charge in [0.2, 0.25) is 0 Å². The second kappa shape index (κ2) is 4.10. The third kappa shape index (κ3) is 2.27. The van der Waals surface area contributed by atoms with Gasteiger partial charge in [-0.15, -0.1) is 0 Å². The molecule has 3 aliphatic rings. The van der Waals surface area contributed by atoms with Crippen LogP contribution in [0.5, 0.6) is 0 Å². The minimum atomic E-state index is -4.12. The molecule has 2 nitrogen and oxygen atoms in total. The van der Waals surface area contributed by atoms with E-state index in [1.165, 1.54) is 12.8 Å². The summed E-state index contributed by atoms with van der Waals surface area (Å²) in [6.07, 6.45) is -0.609. The highest BCUT2D eigenvalue weighted by atomic mass is 19.4. The van der Waals surface area contributed by atoms with Crippen molar-refractivity contribution in [2.24, 2.45) is 11.3 Å². The summed E-state index contributed by atoms with van der Waals surface area (Å²) in [6.45, 7) is 1.60. The molecular weight excluding hydrogens is 243 g/mol. The summed E-state index contributed by atoms with van der Waals surface area (Å²) in [4.78, 5) is 2.01. The maximum absolute atomic E-state index is 13.1. The molecule has 1 aliphatic heterocycles. The maximum atomic E-state index is 13.1. The van der Waals surface area contributed by atoms with Gasteiger partial charge in [0, 0.05) is 12.6 Å². The molecule has 0 bridgehead atoms. The monoisotopic (exact) mass is 263 g/mol. The lowest BCUT2D eigenvalue weighted by Gasteiger charge is -2.40. The van der Waals surface area contributed by atoms with E-state index < -0.39 is 24.2 Å². The maximum Gasteiger partial charge on any atom is 0.393 e. The van der Waals surface area contributed by atoms with Crippen molar-refractivity contribution in [1.29, 1.82) is 0 Å². The zero-order chi connectivity index (χ0) is 13.0. The van der Waals surface area contributed by atoms with Crippen molar-refractivity contribution in [1.82, 2.24) is 4.90 Å². The minimum Gasteiger partial charge on any atom is -0.393 e. The Hall–Kier alpha value is -0.290. The smallest absolute Gasteiger partial charge is 0.393 e. The highest BCUT2D eigenvalue weighted by molar-refractivity contribution is 5.03. The van der Waals surface area contributed by atoms with Crippen molar-refractivity contribution in [2.45, 2.75) is 56.8 Å². The third-order valence-electron chi connectivity index (χ3n) is 5.10. The lowest BCUT2D eigenvalue weighted by molar-refractivity contribution is -0.204. The predicted octanol–water partition coefficient (Wildman–Crippen LogP) is 2.56. The molecule has 1 spiro atoms. The molecule has 3 unspecified atom stereocenters. The summed E-state index contributed by atoms with van der Waals surface area (Å²) in [6, 6.07) is -0.492. The fraction of sp³-hybridized carbons (Fsp3) is 1.00. The van der Waals surface area contributed by atoms with Gasteiger partial charge < -0.3 is 5.11 Å². The number of aliphatic hydroxyl groups is 1. The quantitative estimate of drug-likeness (QED) is 0.786. The molecule has 18 heavy (non-hydrogen) atoms. The van der Waals surface area contributed by atoms with Crippen molar-refractivity contribution in [3.05, 3.63) is 0 Å². The molecule has 0 aromatic carbocycles. The fourth-order valence-electron chi connectivity index (χ4n) is 3.75. The first kappa shape index (κ1) is 12.7. The molecule has 1 N–H and O–H groups in total. The van der Waals surface area contributed by atoms with E-state index in [1.807, 2.05) is 4.90 Å². The lowest BCUT2D eigenvalue weighted by atomic mass is 9.81. The van der Waals surface area contributed by atoms with E-state index in [4.69, 9.17) is 0 Å². The number of halogens is 3. The molecule has 3 fully saturated rings. The molecule has 0 radical (unpaired) electrons. The normalized spacial score (nSPS) is 40.3. The molecule has 2 aliphatic carbocycles. The summed E-state index contributed by atoms with van der Waals surface area (Å²) in [5.41, 5.74) is 0.346. The second-order valence-corrected chi connectivity index (χ2v) is 6.40. The van der Waals surface area contributed by atoms with Crippen LogP contribution in [0.2, 0.25) is 0 Å². The Morgan fingerprint density at radius 1 is 1.11 bits per heavy atom. The van der Waals surface area contributed by atoms with Crippen LogP contribution in [0.15, 0.2) is 0 Å². The average Bonchev–Trinajstić information content (AvgIpc) is 2.87. The van der Waals surface area contributed by atoms with E-state index in [0.717, 1.165) is 19.5 Å². The largest absolute Gasteiger partial charge is 0.393 e. The highest BCUT2D eigenvalue weighted by Crippen LogP contribution is 2.54. The number of alkyl halides is 3. The Morgan fingerprint density at radius 2 is 1.83 bits per heavy atom. The molecular formula is C13H20F3NO. The number of hydrogen-bond donors (Lipinski definition) is 1. The van der Waals surface area contributed by atoms with Crippen LogP contribution in [-0.4, -0.2) is 41.4 Å². The summed E-state index contributed by atoms with van der Waals surface area (Å²) in [5, 5.41) is 9.68. The molecule has 0 aromatic rings. The topological polar surface area (TPSA) is 23.5 Å². The van der Waals surface area contributed by atoms with Gasteiger partial charge in [0.05, 0.1) is 12.0 Å². The average molecular weight is 263 g/mol. The Balaban J connectivity index is 1.73. The van der Waals surface area contributed by atoms with Crippen molar-refractivity contribution in [2.75, 3.05) is 13.1 Å². The molecule has 2 saturated carbocycles. The molecule has 1 heterocycles. The van der Waals surface area contributed by atoms with Gasteiger partial charge >= 0.3 is 6.18 Å². The molecule has 3 rings (SSSR count). The number of hydrogen-bond acceptors (Lipinski definition) is 2. The number of nitrogens with zero attached hydrogens (tertiary/aromatic N) is 1. The van der Waals surface area contributed by atoms with Crippen molar-refractivity contribution in [3.8, 4) is 0 Å². The van der Waals surface area contributed by atoms with E-state index in [9.17, 15) is 18.3 Å². The summed E-state index contributed by atoms with van der Waals surface area (Å²) in [7, 11) is 0. The van der Waals surface area contributed by atoms with Crippen LogP contribution in [-0.2, 0) is 0 Å². The Morgan fingerprint density at radius 3 is 2.39 bits per heavy atom. The van der Waals surface area contributed by atoms with E-state index >= 15 is 0 Å². The first-order valence-corrected chi connectivity index (χ1v) is 6.89. The van der Waals surface area contributed by atoms with Crippen molar-refractivity contribution < 1.29 is 18.3 Å². The van der Waals surface area contributed by atoms with E-state index in [0.29, 0.717) is 18.3 Å². The van der Waals surface area contributed by atoms with Crippen LogP contribution in [0.1, 0.15) is 38.5 Å². The molecule has 5 heteroatoms. The first-order chi connectivity index (χ1) is 8.40. The predicted molar refractivity (Wildman–Crippen MR) is 61.0 cm³/mol. The zero-order valence-corrected chi connectivity index (χ0v) is 10.4. The van der Waals surface area contributed by atoms with Gasteiger partial charge in [-0.25, -0.2) is 0 Å². The Bertz CT molecular complexity index is 327. The van der Waals surface area contributed by atoms with Gasteiger partial charge in [-0.2, -0.15) is 13.2 Å². The van der Waals surface area contributed by atoms with E-state index in [1.54, 1.807) is 0 Å². The summed E-state index contributed by atoms with van der Waals surface area (Å²) >= 11 is 0. The van der Waals surface area contributed by atoms with E-state index in [-0.39, 0.29) is 6.42 Å². The van der Waals surface area contributed by atoms with Gasteiger partial charge in [-0.3, -0.25) is 4.90 Å². The lowest BCUT2D eigenvalue weighted by Crippen LogP contribution is -2.50. The van der Waals surface area contributed by atoms with Gasteiger partial charge in [-0.1, -0.05) is 0 Å². The second-order valence-electron chi connectivity index (χ2n) is 6.40. The van der Waals surface area contributed by atoms with Crippen LogP contribution in [0.3, 0.4) is 0 Å². The van der Waals surface area contributed by atoms with Crippen molar-refractivity contribution in [3.63, 3.8) is 0 Å². The minimum absolute atomic E-state index is 0.0822. The van der Waals surface area contributed by atoms with Crippen LogP contribution in [0, 0.1) is 11.3 Å². The van der Waals surface area contributed by atoms with E-state index in [2.05, 4.69) is 0 Å². The first-order valence-electron chi connectivity index (χ1n) is 6.89. The SMILES string of the molecule is OC1CCC(C(F)(F)F)C(N2CCC3(CC3)C2)C1. The highest BCUT2D eigenvalue weighted by Gasteiger charge is 2.54. The standard InChI is InChI=1S/C13H20F3NO/c14-13(15,16)10-2-1-9(18)7-11(10)17-6-5-12(8-17)3-4-12/h9-11,18H,1-8H2.